The van der Waals surface area contributed by atoms with Crippen LogP contribution in [0.2, 0.25) is 5.02 Å². The minimum absolute atomic E-state index is 0.0335. The van der Waals surface area contributed by atoms with E-state index in [1.54, 1.807) is 0 Å². The van der Waals surface area contributed by atoms with Crippen molar-refractivity contribution in [2.45, 2.75) is 13.0 Å². The van der Waals surface area contributed by atoms with Crippen LogP contribution in [0, 0.1) is 10.1 Å². The Morgan fingerprint density at radius 3 is 2.94 bits per heavy atom. The largest absolute Gasteiger partial charge is 0.484 e. The lowest BCUT2D eigenvalue weighted by Gasteiger charge is -2.12. The minimum Gasteiger partial charge on any atom is -0.484 e. The Hall–Kier alpha value is -1.37. The van der Waals surface area contributed by atoms with Gasteiger partial charge < -0.3 is 15.2 Å². The summed E-state index contributed by atoms with van der Waals surface area (Å²) in [6, 6.07) is 4.05. The molecule has 0 bridgehead atoms. The molecule has 0 radical (unpaired) electrons. The van der Waals surface area contributed by atoms with E-state index in [1.807, 2.05) is 6.92 Å². The Balaban J connectivity index is 2.65. The molecule has 18 heavy (non-hydrogen) atoms. The van der Waals surface area contributed by atoms with Gasteiger partial charge in [-0.1, -0.05) is 18.5 Å². The molecule has 2 N–H and O–H groups in total. The average Bonchev–Trinajstić information content (AvgIpc) is 2.33. The molecule has 0 heterocycles. The fourth-order valence-electron chi connectivity index (χ4n) is 1.31. The van der Waals surface area contributed by atoms with Gasteiger partial charge in [0.05, 0.1) is 4.92 Å². The average molecular weight is 275 g/mol. The molecule has 0 saturated heterocycles. The minimum atomic E-state index is -0.733. The van der Waals surface area contributed by atoms with Gasteiger partial charge >= 0.3 is 5.69 Å². The van der Waals surface area contributed by atoms with Crippen molar-refractivity contribution < 1.29 is 14.8 Å². The number of hydrogen-bond acceptors (Lipinski definition) is 5. The zero-order valence-electron chi connectivity index (χ0n) is 9.93. The van der Waals surface area contributed by atoms with Crippen molar-refractivity contribution in [2.75, 3.05) is 19.7 Å². The van der Waals surface area contributed by atoms with Gasteiger partial charge in [0.2, 0.25) is 0 Å². The number of aliphatic hydroxyl groups is 1. The van der Waals surface area contributed by atoms with Crippen molar-refractivity contribution in [1.29, 1.82) is 0 Å². The third-order valence-corrected chi connectivity index (χ3v) is 2.41. The van der Waals surface area contributed by atoms with Crippen LogP contribution in [0.1, 0.15) is 6.92 Å². The zero-order chi connectivity index (χ0) is 13.5. The van der Waals surface area contributed by atoms with E-state index >= 15 is 0 Å². The van der Waals surface area contributed by atoms with E-state index in [9.17, 15) is 15.2 Å². The number of hydrogen-bond donors (Lipinski definition) is 2. The summed E-state index contributed by atoms with van der Waals surface area (Å²) in [6.45, 7) is 2.98. The predicted octanol–water partition coefficient (Wildman–Crippen LogP) is 1.60. The first-order chi connectivity index (χ1) is 8.54. The van der Waals surface area contributed by atoms with Crippen LogP contribution >= 0.6 is 11.6 Å². The Bertz CT molecular complexity index is 414. The van der Waals surface area contributed by atoms with Gasteiger partial charge in [0.1, 0.15) is 12.7 Å². The zero-order valence-corrected chi connectivity index (χ0v) is 10.7. The van der Waals surface area contributed by atoms with Crippen molar-refractivity contribution >= 4 is 17.3 Å². The van der Waals surface area contributed by atoms with E-state index in [2.05, 4.69) is 5.32 Å². The molecule has 1 rings (SSSR count). The van der Waals surface area contributed by atoms with E-state index in [0.717, 1.165) is 6.54 Å². The van der Waals surface area contributed by atoms with Gasteiger partial charge in [0.15, 0.2) is 5.75 Å². The summed E-state index contributed by atoms with van der Waals surface area (Å²) in [5.41, 5.74) is -0.171. The fraction of sp³-hybridized carbons (Fsp3) is 0.455. The van der Waals surface area contributed by atoms with Gasteiger partial charge in [-0.15, -0.1) is 0 Å². The van der Waals surface area contributed by atoms with Crippen LogP contribution in [-0.2, 0) is 0 Å². The molecule has 0 saturated carbocycles. The Morgan fingerprint density at radius 2 is 2.33 bits per heavy atom. The lowest BCUT2D eigenvalue weighted by molar-refractivity contribution is -0.385. The molecule has 0 aliphatic heterocycles. The van der Waals surface area contributed by atoms with Crippen molar-refractivity contribution in [2.24, 2.45) is 0 Å². The Kier molecular flexibility index (Phi) is 5.84. The van der Waals surface area contributed by atoms with Gasteiger partial charge in [-0.2, -0.15) is 0 Å². The number of nitrogens with zero attached hydrogens (tertiary/aromatic N) is 1. The highest BCUT2D eigenvalue weighted by Crippen LogP contribution is 2.29. The maximum absolute atomic E-state index is 10.8. The molecule has 0 aliphatic rings. The van der Waals surface area contributed by atoms with Gasteiger partial charge in [-0.05, 0) is 12.6 Å². The second-order valence-electron chi connectivity index (χ2n) is 3.64. The summed E-state index contributed by atoms with van der Waals surface area (Å²) in [7, 11) is 0. The van der Waals surface area contributed by atoms with Gasteiger partial charge in [0, 0.05) is 23.7 Å². The summed E-state index contributed by atoms with van der Waals surface area (Å²) in [5, 5.41) is 23.6. The first kappa shape index (κ1) is 14.7. The highest BCUT2D eigenvalue weighted by atomic mass is 35.5. The third kappa shape index (κ3) is 4.48. The summed E-state index contributed by atoms with van der Waals surface area (Å²) >= 11 is 5.74. The van der Waals surface area contributed by atoms with E-state index in [4.69, 9.17) is 16.3 Å². The third-order valence-electron chi connectivity index (χ3n) is 2.18. The number of nitrogens with one attached hydrogen (secondary N) is 1. The van der Waals surface area contributed by atoms with Crippen LogP contribution in [0.4, 0.5) is 5.69 Å². The monoisotopic (exact) mass is 274 g/mol. The van der Waals surface area contributed by atoms with E-state index < -0.39 is 11.0 Å². The molecule has 0 amide bonds. The van der Waals surface area contributed by atoms with Gasteiger partial charge in [-0.25, -0.2) is 0 Å². The molecule has 0 spiro atoms. The lowest BCUT2D eigenvalue weighted by Crippen LogP contribution is -2.31. The van der Waals surface area contributed by atoms with Crippen molar-refractivity contribution in [3.05, 3.63) is 33.3 Å². The van der Waals surface area contributed by atoms with Crippen LogP contribution in [-0.4, -0.2) is 35.8 Å². The smallest absolute Gasteiger partial charge is 0.311 e. The number of ether oxygens (including phenoxy) is 1. The number of halogens is 1. The van der Waals surface area contributed by atoms with Crippen LogP contribution < -0.4 is 10.1 Å². The van der Waals surface area contributed by atoms with Gasteiger partial charge in [-0.3, -0.25) is 10.1 Å². The molecule has 6 nitrogen and oxygen atoms in total. The molecule has 1 aromatic carbocycles. The molecule has 1 atom stereocenters. The van der Waals surface area contributed by atoms with E-state index in [-0.39, 0.29) is 18.0 Å². The normalized spacial score (nSPS) is 12.2. The maximum atomic E-state index is 10.8. The molecule has 0 aromatic heterocycles. The fourth-order valence-corrected chi connectivity index (χ4v) is 1.47. The van der Waals surface area contributed by atoms with Crippen molar-refractivity contribution in [3.8, 4) is 5.75 Å². The van der Waals surface area contributed by atoms with Crippen LogP contribution in [0.3, 0.4) is 0 Å². The molecule has 1 unspecified atom stereocenters. The summed E-state index contributed by atoms with van der Waals surface area (Å²) in [4.78, 5) is 10.2. The Morgan fingerprint density at radius 1 is 1.61 bits per heavy atom. The van der Waals surface area contributed by atoms with Crippen LogP contribution in [0.15, 0.2) is 18.2 Å². The number of rotatable bonds is 7. The maximum Gasteiger partial charge on any atom is 0.311 e. The molecule has 1 aromatic rings. The molecule has 0 fully saturated rings. The second-order valence-corrected chi connectivity index (χ2v) is 4.08. The van der Waals surface area contributed by atoms with Crippen molar-refractivity contribution in [3.63, 3.8) is 0 Å². The molecular formula is C11H15ClN2O4. The summed E-state index contributed by atoms with van der Waals surface area (Å²) in [6.07, 6.45) is -0.733. The highest BCUT2D eigenvalue weighted by Gasteiger charge is 2.16. The number of nitro benzene ring substituents is 1. The Labute approximate surface area is 110 Å². The van der Waals surface area contributed by atoms with Crippen LogP contribution in [0.5, 0.6) is 5.75 Å². The van der Waals surface area contributed by atoms with Crippen molar-refractivity contribution in [1.82, 2.24) is 5.32 Å². The first-order valence-electron chi connectivity index (χ1n) is 5.50. The SMILES string of the molecule is CCNCC(O)COc1cc(Cl)ccc1[N+](=O)[O-]. The van der Waals surface area contributed by atoms with Gasteiger partial charge in [0.25, 0.3) is 0 Å². The molecular weight excluding hydrogens is 260 g/mol. The number of nitro groups is 1. The highest BCUT2D eigenvalue weighted by molar-refractivity contribution is 6.30. The molecule has 7 heteroatoms. The standard InChI is InChI=1S/C11H15ClN2O4/c1-2-13-6-9(15)7-18-11-5-8(12)3-4-10(11)14(16)17/h3-5,9,13,15H,2,6-7H2,1H3. The summed E-state index contributed by atoms with van der Waals surface area (Å²) < 4.78 is 5.22. The quantitative estimate of drug-likeness (QED) is 0.583. The van der Waals surface area contributed by atoms with E-state index in [0.29, 0.717) is 11.6 Å². The predicted molar refractivity (Wildman–Crippen MR) is 68.2 cm³/mol. The number of benzene rings is 1. The first-order valence-corrected chi connectivity index (χ1v) is 5.88. The topological polar surface area (TPSA) is 84.6 Å². The second kappa shape index (κ2) is 7.15. The molecule has 100 valence electrons. The number of aliphatic hydroxyl groups excluding tert-OH is 1. The lowest BCUT2D eigenvalue weighted by atomic mass is 10.3. The molecule has 0 aliphatic carbocycles. The summed E-state index contributed by atoms with van der Waals surface area (Å²) in [5.74, 6) is 0.0584. The number of likely N-dealkylation sites (N-methyl/N-ethyl adjacent to an activating group) is 1. The van der Waals surface area contributed by atoms with Crippen LogP contribution in [0.25, 0.3) is 0 Å². The van der Waals surface area contributed by atoms with E-state index in [1.165, 1.54) is 18.2 Å².